The Bertz CT molecular complexity index is 1690. The van der Waals surface area contributed by atoms with E-state index in [1.807, 2.05) is 48.5 Å². The molecule has 0 radical (unpaired) electrons. The van der Waals surface area contributed by atoms with Gasteiger partial charge in [-0.3, -0.25) is 24.4 Å². The number of phenolic OH excluding ortho intramolecular Hbond substituents is 1. The number of likely N-dealkylation sites (tertiary alicyclic amines) is 2. The summed E-state index contributed by atoms with van der Waals surface area (Å²) in [6.45, 7) is 2.24. The Labute approximate surface area is 281 Å². The highest BCUT2D eigenvalue weighted by molar-refractivity contribution is 6.43. The SMILES string of the molecule is O=C1[C@@H]2[C@@H](CC(CO)=C3[C@@H](CC/C(=C/c4cccc(O)c4)c4ccccn4)OB(O)C[C@@H]32)C(=O)N1C1CCN(Cc2ccccc2)CC1. The number of aliphatic hydroxyl groups excluding tert-OH is 1. The zero-order valence-corrected chi connectivity index (χ0v) is 27.0. The van der Waals surface area contributed by atoms with E-state index in [0.29, 0.717) is 19.3 Å². The Hall–Kier alpha value is -4.09. The minimum absolute atomic E-state index is 0.138. The zero-order valence-electron chi connectivity index (χ0n) is 27.0. The Kier molecular flexibility index (Phi) is 9.59. The molecule has 0 saturated carbocycles. The molecule has 0 spiro atoms. The number of aromatic hydroxyl groups is 1. The fourth-order valence-electron chi connectivity index (χ4n) is 8.40. The monoisotopic (exact) mass is 647 g/mol. The number of rotatable bonds is 9. The van der Waals surface area contributed by atoms with E-state index in [2.05, 4.69) is 22.0 Å². The summed E-state index contributed by atoms with van der Waals surface area (Å²) >= 11 is 0. The molecular weight excluding hydrogens is 605 g/mol. The van der Waals surface area contributed by atoms with Gasteiger partial charge in [-0.25, -0.2) is 0 Å². The lowest BCUT2D eigenvalue weighted by Gasteiger charge is -2.43. The molecule has 1 aromatic heterocycles. The van der Waals surface area contributed by atoms with Crippen molar-refractivity contribution in [3.05, 3.63) is 107 Å². The molecular formula is C38H42BN3O6. The molecule has 4 heterocycles. The van der Waals surface area contributed by atoms with Crippen LogP contribution in [-0.4, -0.2) is 80.8 Å². The highest BCUT2D eigenvalue weighted by Crippen LogP contribution is 2.51. The molecule has 4 atom stereocenters. The number of carbonyl (C=O) groups is 2. The second kappa shape index (κ2) is 14.2. The summed E-state index contributed by atoms with van der Waals surface area (Å²) in [5.74, 6) is -1.59. The van der Waals surface area contributed by atoms with Crippen LogP contribution in [0.1, 0.15) is 48.9 Å². The number of imide groups is 1. The number of carbonyl (C=O) groups excluding carboxylic acids is 2. The third-order valence-electron chi connectivity index (χ3n) is 10.6. The number of allylic oxidation sites excluding steroid dienone is 1. The number of phenols is 1. The van der Waals surface area contributed by atoms with Crippen molar-refractivity contribution in [2.24, 2.45) is 17.8 Å². The Morgan fingerprint density at radius 1 is 0.979 bits per heavy atom. The number of pyridine rings is 1. The average Bonchev–Trinajstić information content (AvgIpc) is 3.36. The second-order valence-electron chi connectivity index (χ2n) is 13.5. The largest absolute Gasteiger partial charge is 0.508 e. The van der Waals surface area contributed by atoms with E-state index in [1.165, 1.54) is 5.56 Å². The maximum Gasteiger partial charge on any atom is 0.455 e. The Morgan fingerprint density at radius 2 is 1.77 bits per heavy atom. The fourth-order valence-corrected chi connectivity index (χ4v) is 8.40. The predicted molar refractivity (Wildman–Crippen MR) is 183 cm³/mol. The van der Waals surface area contributed by atoms with Crippen molar-refractivity contribution < 1.29 is 29.5 Å². The van der Waals surface area contributed by atoms with E-state index in [-0.39, 0.29) is 42.5 Å². The number of fused-ring (bicyclic) bond motifs is 3. The van der Waals surface area contributed by atoms with Crippen molar-refractivity contribution >= 4 is 30.6 Å². The molecule has 7 rings (SSSR count). The first-order valence-electron chi connectivity index (χ1n) is 17.1. The molecule has 3 aromatic rings. The van der Waals surface area contributed by atoms with Gasteiger partial charge in [-0.05, 0) is 103 Å². The summed E-state index contributed by atoms with van der Waals surface area (Å²) in [4.78, 5) is 36.6. The van der Waals surface area contributed by atoms with Gasteiger partial charge in [0.1, 0.15) is 5.75 Å². The summed E-state index contributed by atoms with van der Waals surface area (Å²) in [5.41, 5.74) is 5.40. The van der Waals surface area contributed by atoms with Gasteiger partial charge in [0.05, 0.1) is 30.2 Å². The van der Waals surface area contributed by atoms with Crippen LogP contribution in [0.3, 0.4) is 0 Å². The topological polar surface area (TPSA) is 123 Å². The third-order valence-corrected chi connectivity index (χ3v) is 10.6. The van der Waals surface area contributed by atoms with Gasteiger partial charge in [0.25, 0.3) is 0 Å². The van der Waals surface area contributed by atoms with Crippen LogP contribution in [0, 0.1) is 17.8 Å². The molecule has 4 aliphatic rings. The van der Waals surface area contributed by atoms with E-state index in [0.717, 1.165) is 60.5 Å². The molecule has 3 N–H and O–H groups in total. The van der Waals surface area contributed by atoms with Crippen molar-refractivity contribution in [2.45, 2.75) is 57.1 Å². The summed E-state index contributed by atoms with van der Waals surface area (Å²) in [6.07, 6.45) is 6.21. The molecule has 248 valence electrons. The number of hydrogen-bond acceptors (Lipinski definition) is 8. The molecule has 9 nitrogen and oxygen atoms in total. The van der Waals surface area contributed by atoms with Crippen LogP contribution >= 0.6 is 0 Å². The molecule has 0 unspecified atom stereocenters. The molecule has 2 aromatic carbocycles. The summed E-state index contributed by atoms with van der Waals surface area (Å²) in [7, 11) is -1.09. The minimum Gasteiger partial charge on any atom is -0.508 e. The van der Waals surface area contributed by atoms with Gasteiger partial charge < -0.3 is 19.9 Å². The fraction of sp³-hybridized carbons (Fsp3) is 0.395. The molecule has 3 saturated heterocycles. The smallest absolute Gasteiger partial charge is 0.455 e. The molecule has 0 bridgehead atoms. The number of amides is 2. The normalized spacial score (nSPS) is 25.4. The van der Waals surface area contributed by atoms with Gasteiger partial charge in [0.15, 0.2) is 0 Å². The zero-order chi connectivity index (χ0) is 33.2. The Balaban J connectivity index is 1.10. The second-order valence-corrected chi connectivity index (χ2v) is 13.5. The van der Waals surface area contributed by atoms with Crippen LogP contribution in [0.2, 0.25) is 6.32 Å². The first-order valence-corrected chi connectivity index (χ1v) is 17.1. The van der Waals surface area contributed by atoms with E-state index in [1.54, 1.807) is 29.3 Å². The van der Waals surface area contributed by atoms with Gasteiger partial charge in [0, 0.05) is 31.9 Å². The minimum atomic E-state index is -1.09. The maximum absolute atomic E-state index is 14.2. The van der Waals surface area contributed by atoms with Crippen molar-refractivity contribution in [2.75, 3.05) is 19.7 Å². The quantitative estimate of drug-likeness (QED) is 0.176. The molecule has 3 aliphatic heterocycles. The molecule has 48 heavy (non-hydrogen) atoms. The van der Waals surface area contributed by atoms with E-state index in [4.69, 9.17) is 4.65 Å². The number of aromatic nitrogens is 1. The van der Waals surface area contributed by atoms with Crippen molar-refractivity contribution in [1.82, 2.24) is 14.8 Å². The third kappa shape index (κ3) is 6.62. The van der Waals surface area contributed by atoms with E-state index in [9.17, 15) is 24.8 Å². The van der Waals surface area contributed by atoms with Gasteiger partial charge in [-0.1, -0.05) is 48.5 Å². The lowest BCUT2D eigenvalue weighted by atomic mass is 9.58. The number of benzene rings is 2. The molecule has 10 heteroatoms. The van der Waals surface area contributed by atoms with E-state index < -0.39 is 25.1 Å². The summed E-state index contributed by atoms with van der Waals surface area (Å²) < 4.78 is 6.14. The predicted octanol–water partition coefficient (Wildman–Crippen LogP) is 4.56. The van der Waals surface area contributed by atoms with Gasteiger partial charge in [0.2, 0.25) is 11.8 Å². The van der Waals surface area contributed by atoms with Crippen molar-refractivity contribution in [3.8, 4) is 5.75 Å². The average molecular weight is 648 g/mol. The first-order chi connectivity index (χ1) is 23.4. The maximum atomic E-state index is 14.2. The van der Waals surface area contributed by atoms with E-state index >= 15 is 0 Å². The summed E-state index contributed by atoms with van der Waals surface area (Å²) in [5, 5.41) is 31.6. The molecule has 1 aliphatic carbocycles. The number of piperidine rings is 1. The van der Waals surface area contributed by atoms with Crippen molar-refractivity contribution in [1.29, 1.82) is 0 Å². The lowest BCUT2D eigenvalue weighted by Crippen LogP contribution is -2.48. The standard InChI is InChI=1S/C38H42BN3O6/c43-24-28-21-31-36(38(46)42(37(31)45)29-14-17-41(18-15-29)23-25-7-2-1-3-8-25)32-22-39(47)48-34(35(28)32)13-12-27(33-11-4-5-16-40-33)19-26-9-6-10-30(44)20-26/h1-11,16,19-20,29,31-32,34,36,43-44,47H,12-15,17-18,21-24H2/b27-19-/t31-,32+,34-,36-/m1/s1. The highest BCUT2D eigenvalue weighted by Gasteiger charge is 2.58. The van der Waals surface area contributed by atoms with Crippen LogP contribution in [0.4, 0.5) is 0 Å². The van der Waals surface area contributed by atoms with Crippen LogP contribution in [0.5, 0.6) is 5.75 Å². The van der Waals surface area contributed by atoms with Gasteiger partial charge >= 0.3 is 7.12 Å². The van der Waals surface area contributed by atoms with Gasteiger partial charge in [-0.15, -0.1) is 0 Å². The number of nitrogens with zero attached hydrogens (tertiary/aromatic N) is 3. The van der Waals surface area contributed by atoms with Crippen molar-refractivity contribution in [3.63, 3.8) is 0 Å². The number of hydrogen-bond donors (Lipinski definition) is 3. The molecule has 3 fully saturated rings. The van der Waals surface area contributed by atoms with Crippen LogP contribution < -0.4 is 0 Å². The molecule has 2 amide bonds. The lowest BCUT2D eigenvalue weighted by molar-refractivity contribution is -0.144. The summed E-state index contributed by atoms with van der Waals surface area (Å²) in [6, 6.07) is 22.9. The van der Waals surface area contributed by atoms with Crippen LogP contribution in [0.25, 0.3) is 11.6 Å². The number of aliphatic hydroxyl groups is 1. The van der Waals surface area contributed by atoms with Gasteiger partial charge in [-0.2, -0.15) is 0 Å². The first kappa shape index (κ1) is 32.5. The van der Waals surface area contributed by atoms with Crippen LogP contribution in [-0.2, 0) is 20.8 Å². The Morgan fingerprint density at radius 3 is 2.50 bits per heavy atom. The van der Waals surface area contributed by atoms with Crippen LogP contribution in [0.15, 0.2) is 90.1 Å². The highest BCUT2D eigenvalue weighted by atomic mass is 16.5.